The first-order chi connectivity index (χ1) is 8.15. The number of benzene rings is 1. The molecule has 1 unspecified atom stereocenters. The summed E-state index contributed by atoms with van der Waals surface area (Å²) in [5, 5.41) is 3.58. The Labute approximate surface area is 106 Å². The van der Waals surface area contributed by atoms with Crippen LogP contribution in [-0.2, 0) is 12.8 Å². The summed E-state index contributed by atoms with van der Waals surface area (Å²) in [6, 6.07) is 6.90. The lowest BCUT2D eigenvalue weighted by molar-refractivity contribution is 0.455. The number of fused-ring (bicyclic) bond motifs is 1. The Kier molecular flexibility index (Phi) is 4.09. The molecule has 0 aliphatic heterocycles. The molecule has 0 fully saturated rings. The Morgan fingerprint density at radius 3 is 2.65 bits per heavy atom. The van der Waals surface area contributed by atoms with Crippen molar-refractivity contribution in [2.45, 2.75) is 46.5 Å². The highest BCUT2D eigenvalue weighted by Gasteiger charge is 2.11. The highest BCUT2D eigenvalue weighted by Crippen LogP contribution is 2.25. The lowest BCUT2D eigenvalue weighted by Crippen LogP contribution is -2.13. The van der Waals surface area contributed by atoms with Crippen LogP contribution in [0.3, 0.4) is 0 Å². The molecule has 17 heavy (non-hydrogen) atoms. The smallest absolute Gasteiger partial charge is 0.0343 e. The fourth-order valence-electron chi connectivity index (χ4n) is 2.86. The average molecular weight is 231 g/mol. The summed E-state index contributed by atoms with van der Waals surface area (Å²) in [6.45, 7) is 8.02. The molecule has 0 bridgehead atoms. The third kappa shape index (κ3) is 3.49. The molecular weight excluding hydrogens is 206 g/mol. The van der Waals surface area contributed by atoms with E-state index in [9.17, 15) is 0 Å². The van der Waals surface area contributed by atoms with Gasteiger partial charge >= 0.3 is 0 Å². The molecule has 94 valence electrons. The minimum atomic E-state index is 0.753. The summed E-state index contributed by atoms with van der Waals surface area (Å²) in [7, 11) is 0. The highest BCUT2D eigenvalue weighted by atomic mass is 14.9. The van der Waals surface area contributed by atoms with E-state index in [1.54, 1.807) is 11.1 Å². The molecule has 1 aromatic rings. The van der Waals surface area contributed by atoms with Crippen LogP contribution < -0.4 is 5.32 Å². The SMILES string of the molecule is CC(C)CC(C)CNc1ccc2c(c1)CCC2. The second-order valence-corrected chi connectivity index (χ2v) is 5.95. The van der Waals surface area contributed by atoms with Gasteiger partial charge in [-0.25, -0.2) is 0 Å². The van der Waals surface area contributed by atoms with E-state index in [0.717, 1.165) is 18.4 Å². The Morgan fingerprint density at radius 2 is 1.88 bits per heavy atom. The van der Waals surface area contributed by atoms with Gasteiger partial charge in [-0.2, -0.15) is 0 Å². The fourth-order valence-corrected chi connectivity index (χ4v) is 2.86. The monoisotopic (exact) mass is 231 g/mol. The van der Waals surface area contributed by atoms with E-state index in [2.05, 4.69) is 44.3 Å². The standard InChI is InChI=1S/C16H25N/c1-12(2)9-13(3)11-17-16-8-7-14-5-4-6-15(14)10-16/h7-8,10,12-13,17H,4-6,9,11H2,1-3H3. The molecule has 1 heteroatoms. The highest BCUT2D eigenvalue weighted by molar-refractivity contribution is 5.50. The third-order valence-electron chi connectivity index (χ3n) is 3.63. The number of anilines is 1. The number of nitrogens with one attached hydrogen (secondary N) is 1. The number of rotatable bonds is 5. The van der Waals surface area contributed by atoms with Crippen molar-refractivity contribution in [3.8, 4) is 0 Å². The van der Waals surface area contributed by atoms with Crippen LogP contribution in [0.1, 0.15) is 44.7 Å². The Bertz CT molecular complexity index is 368. The normalized spacial score (nSPS) is 16.0. The van der Waals surface area contributed by atoms with Crippen molar-refractivity contribution in [3.63, 3.8) is 0 Å². The van der Waals surface area contributed by atoms with Crippen molar-refractivity contribution in [2.24, 2.45) is 11.8 Å². The van der Waals surface area contributed by atoms with Gasteiger partial charge in [-0.05, 0) is 60.8 Å². The molecule has 1 N–H and O–H groups in total. The molecule has 1 aliphatic rings. The molecule has 0 saturated heterocycles. The summed E-state index contributed by atoms with van der Waals surface area (Å²) in [5.41, 5.74) is 4.43. The lowest BCUT2D eigenvalue weighted by atomic mass is 9.99. The molecule has 1 nitrogen and oxygen atoms in total. The van der Waals surface area contributed by atoms with Gasteiger partial charge in [0, 0.05) is 12.2 Å². The molecule has 1 aliphatic carbocycles. The maximum Gasteiger partial charge on any atom is 0.0343 e. The van der Waals surface area contributed by atoms with Crippen molar-refractivity contribution < 1.29 is 0 Å². The number of hydrogen-bond donors (Lipinski definition) is 1. The second-order valence-electron chi connectivity index (χ2n) is 5.95. The molecule has 1 atom stereocenters. The van der Waals surface area contributed by atoms with E-state index in [1.807, 2.05) is 0 Å². The van der Waals surface area contributed by atoms with Crippen molar-refractivity contribution in [2.75, 3.05) is 11.9 Å². The van der Waals surface area contributed by atoms with Gasteiger partial charge in [0.1, 0.15) is 0 Å². The van der Waals surface area contributed by atoms with E-state index in [1.165, 1.54) is 31.4 Å². The minimum Gasteiger partial charge on any atom is -0.385 e. The summed E-state index contributed by atoms with van der Waals surface area (Å²) >= 11 is 0. The largest absolute Gasteiger partial charge is 0.385 e. The van der Waals surface area contributed by atoms with E-state index >= 15 is 0 Å². The van der Waals surface area contributed by atoms with Gasteiger partial charge < -0.3 is 5.32 Å². The Hall–Kier alpha value is -0.980. The molecule has 0 amide bonds. The quantitative estimate of drug-likeness (QED) is 0.798. The van der Waals surface area contributed by atoms with Crippen LogP contribution >= 0.6 is 0 Å². The lowest BCUT2D eigenvalue weighted by Gasteiger charge is -2.16. The molecular formula is C16H25N. The van der Waals surface area contributed by atoms with Gasteiger partial charge in [0.25, 0.3) is 0 Å². The van der Waals surface area contributed by atoms with E-state index < -0.39 is 0 Å². The van der Waals surface area contributed by atoms with Gasteiger partial charge in [-0.1, -0.05) is 26.8 Å². The average Bonchev–Trinajstić information content (AvgIpc) is 2.72. The third-order valence-corrected chi connectivity index (χ3v) is 3.63. The van der Waals surface area contributed by atoms with Crippen LogP contribution in [0.25, 0.3) is 0 Å². The predicted octanol–water partition coefficient (Wildman–Crippen LogP) is 4.27. The zero-order chi connectivity index (χ0) is 12.3. The maximum absolute atomic E-state index is 3.58. The van der Waals surface area contributed by atoms with Gasteiger partial charge in [0.2, 0.25) is 0 Å². The predicted molar refractivity (Wildman–Crippen MR) is 75.6 cm³/mol. The van der Waals surface area contributed by atoms with Crippen LogP contribution in [0, 0.1) is 11.8 Å². The van der Waals surface area contributed by atoms with Crippen molar-refractivity contribution >= 4 is 5.69 Å². The molecule has 0 spiro atoms. The van der Waals surface area contributed by atoms with Gasteiger partial charge in [0.15, 0.2) is 0 Å². The van der Waals surface area contributed by atoms with Crippen LogP contribution in [0.2, 0.25) is 0 Å². The van der Waals surface area contributed by atoms with Gasteiger partial charge in [0.05, 0.1) is 0 Å². The van der Waals surface area contributed by atoms with E-state index in [0.29, 0.717) is 0 Å². The van der Waals surface area contributed by atoms with E-state index in [4.69, 9.17) is 0 Å². The molecule has 0 heterocycles. The Balaban J connectivity index is 1.87. The fraction of sp³-hybridized carbons (Fsp3) is 0.625. The summed E-state index contributed by atoms with van der Waals surface area (Å²) in [4.78, 5) is 0. The number of hydrogen-bond acceptors (Lipinski definition) is 1. The topological polar surface area (TPSA) is 12.0 Å². The Morgan fingerprint density at radius 1 is 1.12 bits per heavy atom. The van der Waals surface area contributed by atoms with Crippen LogP contribution in [0.4, 0.5) is 5.69 Å². The van der Waals surface area contributed by atoms with Crippen molar-refractivity contribution in [1.82, 2.24) is 0 Å². The molecule has 0 aromatic heterocycles. The molecule has 2 rings (SSSR count). The minimum absolute atomic E-state index is 0.753. The first-order valence-corrected chi connectivity index (χ1v) is 7.01. The summed E-state index contributed by atoms with van der Waals surface area (Å²) in [6.07, 6.45) is 5.19. The first kappa shape index (κ1) is 12.5. The van der Waals surface area contributed by atoms with Crippen LogP contribution in [-0.4, -0.2) is 6.54 Å². The van der Waals surface area contributed by atoms with Crippen molar-refractivity contribution in [1.29, 1.82) is 0 Å². The van der Waals surface area contributed by atoms with Gasteiger partial charge in [-0.15, -0.1) is 0 Å². The van der Waals surface area contributed by atoms with Crippen molar-refractivity contribution in [3.05, 3.63) is 29.3 Å². The van der Waals surface area contributed by atoms with Crippen LogP contribution in [0.5, 0.6) is 0 Å². The summed E-state index contributed by atoms with van der Waals surface area (Å²) in [5.74, 6) is 1.55. The summed E-state index contributed by atoms with van der Waals surface area (Å²) < 4.78 is 0. The zero-order valence-electron chi connectivity index (χ0n) is 11.4. The molecule has 1 aromatic carbocycles. The molecule has 0 saturated carbocycles. The van der Waals surface area contributed by atoms with E-state index in [-0.39, 0.29) is 0 Å². The van der Waals surface area contributed by atoms with Crippen LogP contribution in [0.15, 0.2) is 18.2 Å². The second kappa shape index (κ2) is 5.57. The number of aryl methyl sites for hydroxylation is 2. The maximum atomic E-state index is 3.58. The van der Waals surface area contributed by atoms with Gasteiger partial charge in [-0.3, -0.25) is 0 Å². The first-order valence-electron chi connectivity index (χ1n) is 7.01. The molecule has 0 radical (unpaired) electrons. The zero-order valence-corrected chi connectivity index (χ0v) is 11.4.